The highest BCUT2D eigenvalue weighted by molar-refractivity contribution is 6.03. The first kappa shape index (κ1) is 44.7. The van der Waals surface area contributed by atoms with E-state index in [0.29, 0.717) is 76.8 Å². The Bertz CT molecular complexity index is 2740. The summed E-state index contributed by atoms with van der Waals surface area (Å²) in [6, 6.07) is 9.30. The number of nitrogens with zero attached hydrogens (tertiary/aromatic N) is 10. The average Bonchev–Trinajstić information content (AvgIpc) is 4.02. The van der Waals surface area contributed by atoms with E-state index in [9.17, 15) is 24.0 Å². The molecule has 0 atom stereocenters. The Morgan fingerprint density at radius 3 is 1.53 bits per heavy atom. The molecular weight excluding hydrogens is 801 g/mol. The minimum absolute atomic E-state index is 0.272. The van der Waals surface area contributed by atoms with Crippen molar-refractivity contribution in [1.82, 2.24) is 64.2 Å². The molecule has 0 saturated heterocycles. The summed E-state index contributed by atoms with van der Waals surface area (Å²) in [7, 11) is 3.65. The number of nitrogens with two attached hydrogens (primary N) is 1. The van der Waals surface area contributed by atoms with Crippen LogP contribution >= 0.6 is 0 Å². The number of amides is 8. The lowest BCUT2D eigenvalue weighted by Crippen LogP contribution is -2.28. The van der Waals surface area contributed by atoms with E-state index >= 15 is 0 Å². The number of fused-ring (bicyclic) bond motifs is 3. The number of pyridine rings is 3. The number of H-pyrrole nitrogens is 1. The first-order chi connectivity index (χ1) is 29.6. The Morgan fingerprint density at radius 2 is 1.11 bits per heavy atom. The number of nitrogens with one attached hydrogen (secondary N) is 7. The molecule has 62 heavy (non-hydrogen) atoms. The van der Waals surface area contributed by atoms with Gasteiger partial charge in [0.2, 0.25) is 5.91 Å². The van der Waals surface area contributed by atoms with E-state index in [4.69, 9.17) is 5.73 Å². The van der Waals surface area contributed by atoms with Crippen LogP contribution in [0.2, 0.25) is 0 Å². The summed E-state index contributed by atoms with van der Waals surface area (Å²) >= 11 is 0. The van der Waals surface area contributed by atoms with E-state index in [1.165, 1.54) is 0 Å². The number of rotatable bonds is 9. The predicted molar refractivity (Wildman–Crippen MR) is 233 cm³/mol. The fourth-order valence-corrected chi connectivity index (χ4v) is 5.30. The van der Waals surface area contributed by atoms with Crippen LogP contribution in [0.25, 0.3) is 28.3 Å². The molecule has 0 aliphatic carbocycles. The molecule has 0 saturated carbocycles. The van der Waals surface area contributed by atoms with Gasteiger partial charge in [0.15, 0.2) is 23.3 Å². The van der Waals surface area contributed by atoms with Crippen LogP contribution in [0.5, 0.6) is 0 Å². The summed E-state index contributed by atoms with van der Waals surface area (Å²) in [5.74, 6) is 2.46. The summed E-state index contributed by atoms with van der Waals surface area (Å²) < 4.78 is 5.24. The zero-order chi connectivity index (χ0) is 44.9. The highest BCUT2D eigenvalue weighted by atomic mass is 16.2. The van der Waals surface area contributed by atoms with Gasteiger partial charge in [-0.3, -0.25) is 30.6 Å². The lowest BCUT2D eigenvalue weighted by molar-refractivity contribution is 0.0992. The Kier molecular flexibility index (Phi) is 14.8. The van der Waals surface area contributed by atoms with Crippen molar-refractivity contribution in [3.8, 4) is 11.4 Å². The minimum Gasteiger partial charge on any atom is -0.366 e. The molecule has 7 rings (SSSR count). The van der Waals surface area contributed by atoms with E-state index in [1.54, 1.807) is 75.9 Å². The average molecular weight is 849 g/mol. The molecule has 0 fully saturated rings. The number of primary amides is 1. The fourth-order valence-electron chi connectivity index (χ4n) is 5.30. The van der Waals surface area contributed by atoms with Gasteiger partial charge in [-0.15, -0.1) is 0 Å². The Labute approximate surface area is 354 Å². The molecule has 324 valence electrons. The zero-order valence-electron chi connectivity index (χ0n) is 35.1. The Balaban J connectivity index is 0.000000177. The molecule has 0 aliphatic rings. The zero-order valence-corrected chi connectivity index (χ0v) is 35.1. The van der Waals surface area contributed by atoms with Crippen molar-refractivity contribution < 1.29 is 24.0 Å². The van der Waals surface area contributed by atoms with Crippen molar-refractivity contribution in [3.05, 3.63) is 90.5 Å². The molecule has 0 radical (unpaired) electrons. The van der Waals surface area contributed by atoms with Gasteiger partial charge in [0.25, 0.3) is 5.91 Å². The number of carbonyl (C=O) groups excluding carboxylic acids is 5. The van der Waals surface area contributed by atoms with Crippen LogP contribution in [0.3, 0.4) is 0 Å². The maximum Gasteiger partial charge on any atom is 0.320 e. The first-order valence-corrected chi connectivity index (χ1v) is 19.2. The smallest absolute Gasteiger partial charge is 0.320 e. The number of imidazole rings is 3. The van der Waals surface area contributed by atoms with Crippen molar-refractivity contribution in [2.24, 2.45) is 10.7 Å². The summed E-state index contributed by atoms with van der Waals surface area (Å²) in [4.78, 5) is 80.3. The third-order valence-electron chi connectivity index (χ3n) is 8.41. The monoisotopic (exact) mass is 848 g/mol. The maximum absolute atomic E-state index is 12.1. The molecule has 23 heteroatoms. The molecular formula is C39H48N18O5. The van der Waals surface area contributed by atoms with E-state index in [0.717, 1.165) is 11.4 Å². The number of aryl methyl sites for hydroxylation is 1. The molecule has 0 unspecified atom stereocenters. The summed E-state index contributed by atoms with van der Waals surface area (Å²) in [5.41, 5.74) is 8.66. The second-order valence-corrected chi connectivity index (χ2v) is 13.3. The van der Waals surface area contributed by atoms with Gasteiger partial charge in [-0.1, -0.05) is 0 Å². The molecule has 7 aromatic rings. The van der Waals surface area contributed by atoms with Gasteiger partial charge in [0.05, 0.1) is 18.6 Å². The van der Waals surface area contributed by atoms with E-state index in [-0.39, 0.29) is 24.0 Å². The van der Waals surface area contributed by atoms with Gasteiger partial charge in [0, 0.05) is 69.0 Å². The van der Waals surface area contributed by atoms with Crippen molar-refractivity contribution >= 4 is 70.1 Å². The van der Waals surface area contributed by atoms with Crippen molar-refractivity contribution in [2.45, 2.75) is 34.6 Å². The summed E-state index contributed by atoms with van der Waals surface area (Å²) in [6.45, 7) is 10.7. The minimum atomic E-state index is -0.515. The van der Waals surface area contributed by atoms with Crippen LogP contribution in [0, 0.1) is 6.92 Å². The van der Waals surface area contributed by atoms with Gasteiger partial charge in [-0.25, -0.2) is 34.3 Å². The number of aromatic nitrogens is 9. The van der Waals surface area contributed by atoms with Crippen LogP contribution in [-0.4, -0.2) is 118 Å². The largest absolute Gasteiger partial charge is 0.366 e. The highest BCUT2D eigenvalue weighted by Crippen LogP contribution is 2.19. The van der Waals surface area contributed by atoms with Crippen molar-refractivity contribution in [3.63, 3.8) is 0 Å². The third-order valence-corrected chi connectivity index (χ3v) is 8.41. The molecule has 23 nitrogen and oxygen atoms in total. The lowest BCUT2D eigenvalue weighted by Gasteiger charge is -2.10. The van der Waals surface area contributed by atoms with Gasteiger partial charge < -0.3 is 39.8 Å². The van der Waals surface area contributed by atoms with E-state index in [2.05, 4.69) is 67.0 Å². The molecule has 0 aliphatic heterocycles. The number of amidine groups is 1. The van der Waals surface area contributed by atoms with Gasteiger partial charge in [0.1, 0.15) is 28.6 Å². The molecule has 0 spiro atoms. The number of aromatic amines is 1. The summed E-state index contributed by atoms with van der Waals surface area (Å²) in [6.07, 6.45) is 10.3. The molecule has 9 N–H and O–H groups in total. The van der Waals surface area contributed by atoms with Gasteiger partial charge >= 0.3 is 18.1 Å². The molecule has 0 bridgehead atoms. The first-order valence-electron chi connectivity index (χ1n) is 19.2. The van der Waals surface area contributed by atoms with Gasteiger partial charge in [-0.05, 0) is 71.0 Å². The summed E-state index contributed by atoms with van der Waals surface area (Å²) in [5, 5.41) is 22.7. The quantitative estimate of drug-likeness (QED) is 0.0765. The highest BCUT2D eigenvalue weighted by Gasteiger charge is 2.12. The second kappa shape index (κ2) is 20.5. The van der Waals surface area contributed by atoms with Crippen LogP contribution in [0.1, 0.15) is 54.2 Å². The van der Waals surface area contributed by atoms with Gasteiger partial charge in [-0.2, -0.15) is 10.1 Å². The lowest BCUT2D eigenvalue weighted by atomic mass is 10.2. The van der Waals surface area contributed by atoms with Crippen molar-refractivity contribution in [1.29, 1.82) is 0 Å². The fraction of sp³-hybridized carbons (Fsp3) is 0.256. The molecule has 7 heterocycles. The topological polar surface area (TPSA) is 293 Å². The Hall–Kier alpha value is -8.37. The Morgan fingerprint density at radius 1 is 0.677 bits per heavy atom. The standard InChI is InChI=1S/C15H20N6O2.C13H15N7O.C11H13N5O2/c1-5-16-15(23)19-12-9-21-7-6-11(8-13(21)18-12)14(22)17-10(2)20(3)4;1-3-14-13(21)17-10-7-20-5-4-9(6-11(20)16-10)12-15-8(2)18-19-12;1-2-13-11(18)15-8-6-16-4-3-7(10(12)17)5-9(16)14-8/h6-9H,5H2,1-4H3,(H2,16,19,23);4-7H,3H2,1-2H3,(H2,14,17,21)(H,15,18,19);3-6H,2H2,1H3,(H2,12,17)(H2,13,15,18). The van der Waals surface area contributed by atoms with Crippen LogP contribution in [-0.2, 0) is 0 Å². The van der Waals surface area contributed by atoms with Crippen LogP contribution in [0.15, 0.2) is 78.6 Å². The molecule has 8 amide bonds. The van der Waals surface area contributed by atoms with Crippen LogP contribution in [0.4, 0.5) is 31.8 Å². The number of hydrogen-bond donors (Lipinski definition) is 8. The second-order valence-electron chi connectivity index (χ2n) is 13.3. The van der Waals surface area contributed by atoms with E-state index < -0.39 is 5.91 Å². The predicted octanol–water partition coefficient (Wildman–Crippen LogP) is 3.74. The number of hydrogen-bond acceptors (Lipinski definition) is 10. The number of anilines is 3. The molecule has 0 aromatic carbocycles. The SMILES string of the molecule is CCNC(=O)Nc1cn2ccc(-c3n[nH]c(C)n3)cc2n1.CCNC(=O)Nc1cn2ccc(C(=O)N=C(C)N(C)C)cc2n1.CCNC(=O)Nc1cn2ccc(C(N)=O)cc2n1. The van der Waals surface area contributed by atoms with Crippen LogP contribution < -0.4 is 37.6 Å². The number of urea groups is 3. The molecule has 7 aromatic heterocycles. The third kappa shape index (κ3) is 12.1. The number of aliphatic imine (C=N–C) groups is 1. The number of carbonyl (C=O) groups is 5. The van der Waals surface area contributed by atoms with Crippen molar-refractivity contribution in [2.75, 3.05) is 49.7 Å². The van der Waals surface area contributed by atoms with E-state index in [1.807, 2.05) is 64.5 Å². The normalized spacial score (nSPS) is 10.9. The maximum atomic E-state index is 12.1.